The highest BCUT2D eigenvalue weighted by Gasteiger charge is 2.46. The molecule has 40 heavy (non-hydrogen) atoms. The first-order valence-corrected chi connectivity index (χ1v) is 16.1. The van der Waals surface area contributed by atoms with Crippen molar-refractivity contribution >= 4 is 23.8 Å². The highest BCUT2D eigenvalue weighted by molar-refractivity contribution is 8.00. The van der Waals surface area contributed by atoms with E-state index < -0.39 is 12.2 Å². The SMILES string of the molecule is CC/C=C\C/C=C\C/C=C\C/C=C\C/C=C\CCCCS[C@@H](CC)C(=O)N1C(=O)O[C@H](c2ccccc2)[C@@H]1CC. The van der Waals surface area contributed by atoms with Gasteiger partial charge in [0.1, 0.15) is 6.10 Å². The number of thioether (sulfide) groups is 1. The lowest BCUT2D eigenvalue weighted by atomic mass is 10.00. The average Bonchev–Trinajstić information content (AvgIpc) is 3.32. The molecule has 4 nitrogen and oxygen atoms in total. The first-order chi connectivity index (χ1) is 19.6. The Labute approximate surface area is 247 Å². The van der Waals surface area contributed by atoms with E-state index in [0.29, 0.717) is 12.8 Å². The Morgan fingerprint density at radius 2 is 1.43 bits per heavy atom. The molecule has 0 spiro atoms. The summed E-state index contributed by atoms with van der Waals surface area (Å²) in [6.45, 7) is 6.18. The van der Waals surface area contributed by atoms with E-state index in [4.69, 9.17) is 4.74 Å². The van der Waals surface area contributed by atoms with Crippen LogP contribution in [-0.4, -0.2) is 33.9 Å². The number of carbonyl (C=O) groups is 2. The molecule has 0 saturated carbocycles. The number of hydrogen-bond donors (Lipinski definition) is 0. The Hall–Kier alpha value is -2.79. The van der Waals surface area contributed by atoms with Crippen LogP contribution in [0.1, 0.15) is 96.6 Å². The van der Waals surface area contributed by atoms with Crippen LogP contribution in [0, 0.1) is 0 Å². The van der Waals surface area contributed by atoms with Gasteiger partial charge >= 0.3 is 6.09 Å². The maximum absolute atomic E-state index is 13.3. The smallest absolute Gasteiger partial charge is 0.417 e. The number of rotatable bonds is 19. The van der Waals surface area contributed by atoms with Gasteiger partial charge < -0.3 is 4.74 Å². The van der Waals surface area contributed by atoms with Crippen LogP contribution in [0.15, 0.2) is 91.1 Å². The van der Waals surface area contributed by atoms with Crippen LogP contribution in [0.4, 0.5) is 4.79 Å². The average molecular weight is 564 g/mol. The van der Waals surface area contributed by atoms with E-state index in [1.807, 2.05) is 44.2 Å². The largest absolute Gasteiger partial charge is 0.439 e. The molecule has 1 aromatic carbocycles. The number of carbonyl (C=O) groups excluding carboxylic acids is 2. The lowest BCUT2D eigenvalue weighted by Crippen LogP contribution is -2.43. The standard InChI is InChI=1S/C35H49NO3S/c1-4-7-8-9-10-11-12-13-14-15-16-17-18-19-20-21-22-26-29-40-32(6-3)34(37)36-31(5-2)33(39-35(36)38)30-27-24-23-25-28-30/h7-8,10-11,13-14,16-17,19-20,23-25,27-28,31-33H,4-6,9,12,15,18,21-22,26,29H2,1-3H3/b8-7-,11-10-,14-13-,17-16-,20-19-/t31-,32-,33+/m0/s1. The second kappa shape index (κ2) is 21.0. The first-order valence-electron chi connectivity index (χ1n) is 15.1. The lowest BCUT2D eigenvalue weighted by Gasteiger charge is -2.25. The first kappa shape index (κ1) is 33.4. The summed E-state index contributed by atoms with van der Waals surface area (Å²) in [4.78, 5) is 27.4. The molecule has 1 fully saturated rings. The molecule has 1 heterocycles. The molecule has 218 valence electrons. The van der Waals surface area contributed by atoms with Crippen molar-refractivity contribution < 1.29 is 14.3 Å². The van der Waals surface area contributed by atoms with Crippen molar-refractivity contribution in [2.75, 3.05) is 5.75 Å². The fourth-order valence-electron chi connectivity index (χ4n) is 4.58. The monoisotopic (exact) mass is 563 g/mol. The van der Waals surface area contributed by atoms with E-state index in [1.54, 1.807) is 11.8 Å². The van der Waals surface area contributed by atoms with Crippen molar-refractivity contribution in [3.05, 3.63) is 96.7 Å². The molecule has 1 aliphatic heterocycles. The molecular formula is C35H49NO3S. The van der Waals surface area contributed by atoms with E-state index in [-0.39, 0.29) is 17.2 Å². The molecule has 0 bridgehead atoms. The van der Waals surface area contributed by atoms with Gasteiger partial charge in [-0.1, -0.05) is 112 Å². The van der Waals surface area contributed by atoms with E-state index in [2.05, 4.69) is 67.7 Å². The summed E-state index contributed by atoms with van der Waals surface area (Å²) in [6, 6.07) is 9.47. The molecule has 0 N–H and O–H groups in total. The highest BCUT2D eigenvalue weighted by Crippen LogP contribution is 2.36. The number of allylic oxidation sites excluding steroid dienone is 10. The number of imide groups is 1. The maximum atomic E-state index is 13.3. The molecule has 1 saturated heterocycles. The molecule has 0 aliphatic carbocycles. The zero-order valence-electron chi connectivity index (χ0n) is 24.8. The number of cyclic esters (lactones) is 1. The highest BCUT2D eigenvalue weighted by atomic mass is 32.2. The topological polar surface area (TPSA) is 46.6 Å². The molecule has 1 aliphatic rings. The minimum atomic E-state index is -0.511. The Balaban J connectivity index is 1.61. The summed E-state index contributed by atoms with van der Waals surface area (Å²) in [5, 5.41) is -0.218. The van der Waals surface area contributed by atoms with Crippen LogP contribution >= 0.6 is 11.8 Å². The minimum Gasteiger partial charge on any atom is -0.439 e. The van der Waals surface area contributed by atoms with Crippen LogP contribution in [0.5, 0.6) is 0 Å². The number of unbranched alkanes of at least 4 members (excludes halogenated alkanes) is 2. The molecule has 0 radical (unpaired) electrons. The van der Waals surface area contributed by atoms with Crippen molar-refractivity contribution in [2.45, 2.75) is 102 Å². The van der Waals surface area contributed by atoms with Crippen molar-refractivity contribution in [1.29, 1.82) is 0 Å². The predicted molar refractivity (Wildman–Crippen MR) is 171 cm³/mol. The fourth-order valence-corrected chi connectivity index (χ4v) is 5.72. The number of hydrogen-bond acceptors (Lipinski definition) is 4. The van der Waals surface area contributed by atoms with Crippen LogP contribution in [-0.2, 0) is 9.53 Å². The molecule has 1 aromatic rings. The quantitative estimate of drug-likeness (QED) is 0.124. The predicted octanol–water partition coefficient (Wildman–Crippen LogP) is 9.92. The van der Waals surface area contributed by atoms with Gasteiger partial charge in [0, 0.05) is 0 Å². The lowest BCUT2D eigenvalue weighted by molar-refractivity contribution is -0.128. The third-order valence-electron chi connectivity index (χ3n) is 6.78. The number of nitrogens with zero attached hydrogens (tertiary/aromatic N) is 1. The molecular weight excluding hydrogens is 514 g/mol. The van der Waals surface area contributed by atoms with Crippen LogP contribution in [0.2, 0.25) is 0 Å². The number of amides is 2. The van der Waals surface area contributed by atoms with Crippen LogP contribution in [0.25, 0.3) is 0 Å². The third-order valence-corrected chi connectivity index (χ3v) is 8.24. The van der Waals surface area contributed by atoms with E-state index in [0.717, 1.165) is 62.7 Å². The molecule has 3 atom stereocenters. The summed E-state index contributed by atoms with van der Waals surface area (Å²) >= 11 is 1.67. The number of ether oxygens (including phenoxy) is 1. The molecule has 5 heteroatoms. The molecule has 2 rings (SSSR count). The zero-order chi connectivity index (χ0) is 28.8. The Morgan fingerprint density at radius 3 is 1.98 bits per heavy atom. The van der Waals surface area contributed by atoms with Gasteiger partial charge in [0.2, 0.25) is 5.91 Å². The van der Waals surface area contributed by atoms with Gasteiger partial charge in [-0.25, -0.2) is 9.69 Å². The second-order valence-electron chi connectivity index (χ2n) is 9.87. The minimum absolute atomic E-state index is 0.111. The van der Waals surface area contributed by atoms with Crippen molar-refractivity contribution in [2.24, 2.45) is 0 Å². The van der Waals surface area contributed by atoms with Crippen LogP contribution in [0.3, 0.4) is 0 Å². The Morgan fingerprint density at radius 1 is 0.850 bits per heavy atom. The maximum Gasteiger partial charge on any atom is 0.417 e. The Kier molecular flexibility index (Phi) is 17.6. The van der Waals surface area contributed by atoms with E-state index in [1.165, 1.54) is 4.90 Å². The number of benzene rings is 1. The summed E-state index contributed by atoms with van der Waals surface area (Å²) in [5.74, 6) is 0.803. The third kappa shape index (κ3) is 12.2. The van der Waals surface area contributed by atoms with E-state index in [9.17, 15) is 9.59 Å². The zero-order valence-corrected chi connectivity index (χ0v) is 25.6. The normalized spacial score (nSPS) is 18.8. The van der Waals surface area contributed by atoms with Gasteiger partial charge in [0.15, 0.2) is 0 Å². The van der Waals surface area contributed by atoms with Crippen molar-refractivity contribution in [1.82, 2.24) is 4.90 Å². The fraction of sp³-hybridized carbons (Fsp3) is 0.486. The summed E-state index contributed by atoms with van der Waals surface area (Å²) in [6.07, 6.45) is 30.9. The van der Waals surface area contributed by atoms with E-state index >= 15 is 0 Å². The summed E-state index contributed by atoms with van der Waals surface area (Å²) < 4.78 is 5.66. The van der Waals surface area contributed by atoms with Crippen molar-refractivity contribution in [3.8, 4) is 0 Å². The molecule has 0 unspecified atom stereocenters. The van der Waals surface area contributed by atoms with Gasteiger partial charge in [-0.3, -0.25) is 4.79 Å². The van der Waals surface area contributed by atoms with Gasteiger partial charge in [0.25, 0.3) is 0 Å². The van der Waals surface area contributed by atoms with Gasteiger partial charge in [-0.15, -0.1) is 11.8 Å². The summed E-state index contributed by atoms with van der Waals surface area (Å²) in [5.41, 5.74) is 0.939. The summed E-state index contributed by atoms with van der Waals surface area (Å²) in [7, 11) is 0. The van der Waals surface area contributed by atoms with Gasteiger partial charge in [0.05, 0.1) is 11.3 Å². The molecule has 2 amide bonds. The van der Waals surface area contributed by atoms with Crippen LogP contribution < -0.4 is 0 Å². The Bertz CT molecular complexity index is 995. The molecule has 0 aromatic heterocycles. The second-order valence-corrected chi connectivity index (χ2v) is 11.2. The van der Waals surface area contributed by atoms with Gasteiger partial charge in [-0.2, -0.15) is 0 Å². The van der Waals surface area contributed by atoms with Gasteiger partial charge in [-0.05, 0) is 75.5 Å². The van der Waals surface area contributed by atoms with Crippen molar-refractivity contribution in [3.63, 3.8) is 0 Å².